The second kappa shape index (κ2) is 5.10. The molecule has 4 nitrogen and oxygen atoms in total. The number of hydrogen-bond donors (Lipinski definition) is 3. The summed E-state index contributed by atoms with van der Waals surface area (Å²) >= 11 is 1.62. The molecule has 94 valence electrons. The molecular weight excluding hydrogens is 250 g/mol. The Balaban J connectivity index is 2.03. The van der Waals surface area contributed by atoms with Crippen molar-refractivity contribution in [2.45, 2.75) is 13.5 Å². The second-order valence-corrected chi connectivity index (χ2v) is 5.31. The van der Waals surface area contributed by atoms with Crippen molar-refractivity contribution in [2.24, 2.45) is 0 Å². The molecule has 3 N–H and O–H groups in total. The van der Waals surface area contributed by atoms with E-state index in [1.165, 1.54) is 23.1 Å². The smallest absolute Gasteiger partial charge is 0.251 e. The first kappa shape index (κ1) is 12.4. The maximum Gasteiger partial charge on any atom is 0.251 e. The largest absolute Gasteiger partial charge is 0.508 e. The predicted molar refractivity (Wildman–Crippen MR) is 70.0 cm³/mol. The molecule has 5 heteroatoms. The lowest BCUT2D eigenvalue weighted by Crippen LogP contribution is -2.22. The van der Waals surface area contributed by atoms with E-state index in [2.05, 4.69) is 5.32 Å². The third-order valence-corrected chi connectivity index (χ3v) is 3.38. The molecule has 0 bridgehead atoms. The summed E-state index contributed by atoms with van der Waals surface area (Å²) in [5.74, 6) is -0.591. The molecule has 2 rings (SSSR count). The van der Waals surface area contributed by atoms with Crippen LogP contribution in [0.4, 0.5) is 0 Å². The average Bonchev–Trinajstić information content (AvgIpc) is 2.70. The van der Waals surface area contributed by atoms with Crippen molar-refractivity contribution in [3.63, 3.8) is 0 Å². The van der Waals surface area contributed by atoms with E-state index in [9.17, 15) is 15.0 Å². The van der Waals surface area contributed by atoms with E-state index >= 15 is 0 Å². The summed E-state index contributed by atoms with van der Waals surface area (Å²) in [6, 6.07) is 7.76. The van der Waals surface area contributed by atoms with Crippen molar-refractivity contribution in [1.29, 1.82) is 0 Å². The quantitative estimate of drug-likeness (QED) is 0.796. The molecule has 0 radical (unpaired) electrons. The van der Waals surface area contributed by atoms with Gasteiger partial charge in [0.25, 0.3) is 5.91 Å². The predicted octanol–water partition coefficient (Wildman–Crippen LogP) is 2.40. The van der Waals surface area contributed by atoms with E-state index < -0.39 is 0 Å². The van der Waals surface area contributed by atoms with Gasteiger partial charge in [0, 0.05) is 21.4 Å². The Morgan fingerprint density at radius 3 is 2.44 bits per heavy atom. The molecule has 0 aliphatic heterocycles. The lowest BCUT2D eigenvalue weighted by Gasteiger charge is -2.05. The number of phenols is 2. The summed E-state index contributed by atoms with van der Waals surface area (Å²) in [7, 11) is 0. The minimum atomic E-state index is -0.327. The van der Waals surface area contributed by atoms with Crippen LogP contribution in [-0.4, -0.2) is 16.1 Å². The number of amides is 1. The highest BCUT2D eigenvalue weighted by Crippen LogP contribution is 2.20. The van der Waals surface area contributed by atoms with Gasteiger partial charge in [-0.2, -0.15) is 0 Å². The van der Waals surface area contributed by atoms with E-state index in [1.807, 2.05) is 19.1 Å². The van der Waals surface area contributed by atoms with Gasteiger partial charge in [-0.15, -0.1) is 11.3 Å². The molecule has 0 aliphatic carbocycles. The zero-order valence-electron chi connectivity index (χ0n) is 9.80. The highest BCUT2D eigenvalue weighted by molar-refractivity contribution is 7.11. The van der Waals surface area contributed by atoms with Gasteiger partial charge in [-0.1, -0.05) is 0 Å². The molecule has 0 unspecified atom stereocenters. The zero-order chi connectivity index (χ0) is 13.1. The third kappa shape index (κ3) is 3.01. The number of aromatic hydroxyl groups is 2. The number of phenolic OH excluding ortho intramolecular Hbond substituents is 2. The molecule has 18 heavy (non-hydrogen) atoms. The molecule has 1 aromatic heterocycles. The van der Waals surface area contributed by atoms with Crippen molar-refractivity contribution in [3.8, 4) is 11.5 Å². The van der Waals surface area contributed by atoms with Crippen LogP contribution in [0.25, 0.3) is 0 Å². The highest BCUT2D eigenvalue weighted by atomic mass is 32.1. The maximum atomic E-state index is 11.8. The number of benzene rings is 1. The Hall–Kier alpha value is -2.01. The zero-order valence-corrected chi connectivity index (χ0v) is 10.6. The van der Waals surface area contributed by atoms with Crippen LogP contribution >= 0.6 is 11.3 Å². The molecular formula is C13H13NO3S. The van der Waals surface area contributed by atoms with E-state index in [1.54, 1.807) is 11.3 Å². The van der Waals surface area contributed by atoms with Gasteiger partial charge in [-0.25, -0.2) is 0 Å². The Morgan fingerprint density at radius 1 is 1.22 bits per heavy atom. The Bertz CT molecular complexity index is 557. The molecule has 1 amide bonds. The van der Waals surface area contributed by atoms with Crippen LogP contribution in [0.5, 0.6) is 11.5 Å². The van der Waals surface area contributed by atoms with Crippen LogP contribution in [0.2, 0.25) is 0 Å². The van der Waals surface area contributed by atoms with Gasteiger partial charge >= 0.3 is 0 Å². The minimum Gasteiger partial charge on any atom is -0.508 e. The third-order valence-electron chi connectivity index (χ3n) is 2.38. The van der Waals surface area contributed by atoms with Gasteiger partial charge in [-0.3, -0.25) is 4.79 Å². The van der Waals surface area contributed by atoms with Gasteiger partial charge in [0.15, 0.2) is 0 Å². The number of carbonyl (C=O) groups is 1. The first-order chi connectivity index (χ1) is 8.54. The topological polar surface area (TPSA) is 69.6 Å². The number of carbonyl (C=O) groups excluding carboxylic acids is 1. The number of aryl methyl sites for hydroxylation is 1. The fourth-order valence-corrected chi connectivity index (χ4v) is 2.41. The molecule has 0 saturated heterocycles. The van der Waals surface area contributed by atoms with E-state index in [0.29, 0.717) is 6.54 Å². The van der Waals surface area contributed by atoms with Crippen molar-refractivity contribution < 1.29 is 15.0 Å². The summed E-state index contributed by atoms with van der Waals surface area (Å²) in [5.41, 5.74) is 0.237. The summed E-state index contributed by atoms with van der Waals surface area (Å²) < 4.78 is 0. The summed E-state index contributed by atoms with van der Waals surface area (Å²) in [5, 5.41) is 21.3. The lowest BCUT2D eigenvalue weighted by molar-refractivity contribution is 0.0950. The average molecular weight is 263 g/mol. The Labute approximate surface area is 109 Å². The van der Waals surface area contributed by atoms with Crippen LogP contribution in [-0.2, 0) is 6.54 Å². The van der Waals surface area contributed by atoms with Gasteiger partial charge in [0.05, 0.1) is 6.54 Å². The fourth-order valence-electron chi connectivity index (χ4n) is 1.58. The van der Waals surface area contributed by atoms with Gasteiger partial charge in [0.1, 0.15) is 11.5 Å². The SMILES string of the molecule is Cc1ccc(CNC(=O)c2cc(O)cc(O)c2)s1. The molecule has 0 fully saturated rings. The normalized spacial score (nSPS) is 10.3. The van der Waals surface area contributed by atoms with Crippen molar-refractivity contribution >= 4 is 17.2 Å². The Kier molecular flexibility index (Phi) is 3.53. The monoisotopic (exact) mass is 263 g/mol. The van der Waals surface area contributed by atoms with E-state index in [0.717, 1.165) is 4.88 Å². The molecule has 0 spiro atoms. The van der Waals surface area contributed by atoms with Crippen LogP contribution in [0, 0.1) is 6.92 Å². The molecule has 0 saturated carbocycles. The van der Waals surface area contributed by atoms with Gasteiger partial charge < -0.3 is 15.5 Å². The summed E-state index contributed by atoms with van der Waals surface area (Å²) in [4.78, 5) is 14.1. The number of rotatable bonds is 3. The first-order valence-electron chi connectivity index (χ1n) is 5.41. The van der Waals surface area contributed by atoms with Crippen LogP contribution in [0.15, 0.2) is 30.3 Å². The van der Waals surface area contributed by atoms with Crippen LogP contribution < -0.4 is 5.32 Å². The standard InChI is InChI=1S/C13H13NO3S/c1-8-2-3-12(18-8)7-14-13(17)9-4-10(15)6-11(16)5-9/h2-6,15-16H,7H2,1H3,(H,14,17). The van der Waals surface area contributed by atoms with Crippen molar-refractivity contribution in [1.82, 2.24) is 5.32 Å². The van der Waals surface area contributed by atoms with Gasteiger partial charge in [0.2, 0.25) is 0 Å². The van der Waals surface area contributed by atoms with Gasteiger partial charge in [-0.05, 0) is 31.2 Å². The number of hydrogen-bond acceptors (Lipinski definition) is 4. The summed E-state index contributed by atoms with van der Waals surface area (Å²) in [6.45, 7) is 2.44. The summed E-state index contributed by atoms with van der Waals surface area (Å²) in [6.07, 6.45) is 0. The number of nitrogens with one attached hydrogen (secondary N) is 1. The van der Waals surface area contributed by atoms with E-state index in [4.69, 9.17) is 0 Å². The van der Waals surface area contributed by atoms with Crippen LogP contribution in [0.1, 0.15) is 20.1 Å². The molecule has 1 aromatic carbocycles. The molecule has 2 aromatic rings. The minimum absolute atomic E-state index is 0.132. The van der Waals surface area contributed by atoms with Crippen molar-refractivity contribution in [2.75, 3.05) is 0 Å². The van der Waals surface area contributed by atoms with E-state index in [-0.39, 0.29) is 23.0 Å². The number of thiophene rings is 1. The maximum absolute atomic E-state index is 11.8. The highest BCUT2D eigenvalue weighted by Gasteiger charge is 2.08. The Morgan fingerprint density at radius 2 is 1.89 bits per heavy atom. The fraction of sp³-hybridized carbons (Fsp3) is 0.154. The van der Waals surface area contributed by atoms with Crippen LogP contribution in [0.3, 0.4) is 0 Å². The molecule has 0 aliphatic rings. The molecule has 0 atom stereocenters. The van der Waals surface area contributed by atoms with Crippen molar-refractivity contribution in [3.05, 3.63) is 45.6 Å². The first-order valence-corrected chi connectivity index (χ1v) is 6.23. The second-order valence-electron chi connectivity index (χ2n) is 3.93. The lowest BCUT2D eigenvalue weighted by atomic mass is 10.2. The molecule has 1 heterocycles.